The van der Waals surface area contributed by atoms with Crippen molar-refractivity contribution in [3.63, 3.8) is 0 Å². The zero-order valence-electron chi connectivity index (χ0n) is 10.7. The second-order valence-electron chi connectivity index (χ2n) is 4.42. The Bertz CT molecular complexity index is 668. The van der Waals surface area contributed by atoms with E-state index in [1.54, 1.807) is 6.07 Å². The maximum absolute atomic E-state index is 10.1. The van der Waals surface area contributed by atoms with Crippen molar-refractivity contribution in [2.24, 2.45) is 5.10 Å². The van der Waals surface area contributed by atoms with Crippen LogP contribution >= 0.6 is 0 Å². The molecule has 1 aliphatic rings. The second-order valence-corrected chi connectivity index (χ2v) is 4.42. The summed E-state index contributed by atoms with van der Waals surface area (Å²) in [6.07, 6.45) is 0. The fourth-order valence-electron chi connectivity index (χ4n) is 2.08. The number of benzene rings is 2. The molecule has 2 aromatic carbocycles. The molecule has 0 amide bonds. The van der Waals surface area contributed by atoms with Gasteiger partial charge in [-0.25, -0.2) is 5.43 Å². The summed E-state index contributed by atoms with van der Waals surface area (Å²) >= 11 is 0. The number of phenolic OH excluding ortho intramolecular Hbond substituents is 1. The summed E-state index contributed by atoms with van der Waals surface area (Å²) < 4.78 is 0. The molecule has 0 fully saturated rings. The molecule has 0 bridgehead atoms. The topological polar surface area (TPSA) is 94.7 Å². The minimum atomic E-state index is 0.0967. The van der Waals surface area contributed by atoms with E-state index < -0.39 is 0 Å². The first-order valence-corrected chi connectivity index (χ1v) is 6.23. The molecule has 0 radical (unpaired) electrons. The number of hydrazone groups is 1. The van der Waals surface area contributed by atoms with Gasteiger partial charge in [0, 0.05) is 11.1 Å². The monoisotopic (exact) mass is 269 g/mol. The van der Waals surface area contributed by atoms with Crippen molar-refractivity contribution in [1.82, 2.24) is 16.3 Å². The molecule has 0 saturated heterocycles. The lowest BCUT2D eigenvalue weighted by molar-refractivity contribution is 0.480. The molecule has 2 aromatic rings. The summed E-state index contributed by atoms with van der Waals surface area (Å²) in [7, 11) is 0. The number of hydrogen-bond acceptors (Lipinski definition) is 6. The van der Waals surface area contributed by atoms with Crippen LogP contribution in [0.2, 0.25) is 0 Å². The van der Waals surface area contributed by atoms with Crippen LogP contribution in [0.25, 0.3) is 11.1 Å². The van der Waals surface area contributed by atoms with E-state index in [1.165, 1.54) is 0 Å². The number of anilines is 1. The molecular formula is C14H15N5O. The van der Waals surface area contributed by atoms with Crippen molar-refractivity contribution < 1.29 is 5.11 Å². The van der Waals surface area contributed by atoms with E-state index in [1.807, 2.05) is 36.4 Å². The van der Waals surface area contributed by atoms with E-state index in [-0.39, 0.29) is 5.75 Å². The maximum atomic E-state index is 10.1. The van der Waals surface area contributed by atoms with Gasteiger partial charge in [0.1, 0.15) is 5.75 Å². The van der Waals surface area contributed by atoms with Crippen molar-refractivity contribution in [2.45, 2.75) is 0 Å². The number of nitrogens with one attached hydrogen (secondary N) is 3. The molecule has 0 unspecified atom stereocenters. The lowest BCUT2D eigenvalue weighted by Crippen LogP contribution is -2.47. The average Bonchev–Trinajstić information content (AvgIpc) is 2.51. The number of aromatic hydroxyl groups is 1. The molecule has 0 aromatic heterocycles. The number of amidine groups is 1. The van der Waals surface area contributed by atoms with Gasteiger partial charge in [0.25, 0.3) is 0 Å². The van der Waals surface area contributed by atoms with E-state index in [4.69, 9.17) is 5.73 Å². The fraction of sp³-hybridized carbons (Fsp3) is 0.0714. The van der Waals surface area contributed by atoms with Gasteiger partial charge in [-0.3, -0.25) is 5.43 Å². The molecule has 3 rings (SSSR count). The molecule has 20 heavy (non-hydrogen) atoms. The molecule has 6 nitrogen and oxygen atoms in total. The predicted octanol–water partition coefficient (Wildman–Crippen LogP) is 0.958. The van der Waals surface area contributed by atoms with Crippen LogP contribution in [-0.4, -0.2) is 17.6 Å². The first-order chi connectivity index (χ1) is 9.75. The summed E-state index contributed by atoms with van der Waals surface area (Å²) in [6, 6.07) is 13.0. The Morgan fingerprint density at radius 1 is 1.10 bits per heavy atom. The average molecular weight is 269 g/mol. The van der Waals surface area contributed by atoms with Crippen LogP contribution in [0.15, 0.2) is 47.6 Å². The maximum Gasteiger partial charge on any atom is 0.167 e. The van der Waals surface area contributed by atoms with Gasteiger partial charge < -0.3 is 16.3 Å². The highest BCUT2D eigenvalue weighted by atomic mass is 16.3. The van der Waals surface area contributed by atoms with Gasteiger partial charge >= 0.3 is 0 Å². The SMILES string of the molecule is Nc1cccc(-c2cccc(C3=NNCNN3)c2)c1O. The molecule has 0 saturated carbocycles. The second kappa shape index (κ2) is 5.10. The molecule has 102 valence electrons. The van der Waals surface area contributed by atoms with Gasteiger partial charge in [-0.2, -0.15) is 5.10 Å². The summed E-state index contributed by atoms with van der Waals surface area (Å²) in [6.45, 7) is 0.569. The van der Waals surface area contributed by atoms with Crippen LogP contribution in [0, 0.1) is 0 Å². The highest BCUT2D eigenvalue weighted by Crippen LogP contribution is 2.33. The van der Waals surface area contributed by atoms with Gasteiger partial charge in [0.15, 0.2) is 5.84 Å². The Morgan fingerprint density at radius 2 is 1.90 bits per heavy atom. The standard InChI is InChI=1S/C14H15N5O/c15-12-6-2-5-11(13(12)20)9-3-1-4-10(7-9)14-18-16-8-17-19-14/h1-7,16-17,20H,8,15H2,(H,18,19). The minimum absolute atomic E-state index is 0.0967. The number of nitrogens with two attached hydrogens (primary N) is 1. The number of hydrogen-bond donors (Lipinski definition) is 5. The van der Waals surface area contributed by atoms with Gasteiger partial charge in [-0.05, 0) is 17.7 Å². The Labute approximate surface area is 116 Å². The minimum Gasteiger partial charge on any atom is -0.505 e. The van der Waals surface area contributed by atoms with E-state index in [0.717, 1.165) is 11.1 Å². The molecule has 1 aliphatic heterocycles. The Hall–Kier alpha value is -2.73. The molecule has 6 N–H and O–H groups in total. The largest absolute Gasteiger partial charge is 0.505 e. The summed E-state index contributed by atoms with van der Waals surface area (Å²) in [5.41, 5.74) is 17.4. The van der Waals surface area contributed by atoms with Gasteiger partial charge in [-0.15, -0.1) is 0 Å². The number of para-hydroxylation sites is 1. The van der Waals surface area contributed by atoms with E-state index in [9.17, 15) is 5.11 Å². The third-order valence-electron chi connectivity index (χ3n) is 3.08. The van der Waals surface area contributed by atoms with E-state index >= 15 is 0 Å². The zero-order valence-corrected chi connectivity index (χ0v) is 10.7. The fourth-order valence-corrected chi connectivity index (χ4v) is 2.08. The van der Waals surface area contributed by atoms with Gasteiger partial charge in [0.2, 0.25) is 0 Å². The van der Waals surface area contributed by atoms with Crippen LogP contribution in [0.3, 0.4) is 0 Å². The highest BCUT2D eigenvalue weighted by molar-refractivity contribution is 5.99. The van der Waals surface area contributed by atoms with Crippen LogP contribution in [0.1, 0.15) is 5.56 Å². The lowest BCUT2D eigenvalue weighted by Gasteiger charge is -2.17. The summed E-state index contributed by atoms with van der Waals surface area (Å²) in [5, 5.41) is 14.2. The van der Waals surface area contributed by atoms with Crippen molar-refractivity contribution in [1.29, 1.82) is 0 Å². The van der Waals surface area contributed by atoms with Crippen LogP contribution in [0.5, 0.6) is 5.75 Å². The smallest absolute Gasteiger partial charge is 0.167 e. The molecule has 6 heteroatoms. The van der Waals surface area contributed by atoms with Crippen molar-refractivity contribution in [3.8, 4) is 16.9 Å². The van der Waals surface area contributed by atoms with E-state index in [0.29, 0.717) is 23.8 Å². The van der Waals surface area contributed by atoms with Gasteiger partial charge in [-0.1, -0.05) is 30.3 Å². The Morgan fingerprint density at radius 3 is 2.70 bits per heavy atom. The number of rotatable bonds is 2. The number of nitrogen functional groups attached to an aromatic ring is 1. The number of nitrogens with zero attached hydrogens (tertiary/aromatic N) is 1. The van der Waals surface area contributed by atoms with E-state index in [2.05, 4.69) is 21.4 Å². The first kappa shape index (κ1) is 12.3. The van der Waals surface area contributed by atoms with Gasteiger partial charge in [0.05, 0.1) is 12.4 Å². The first-order valence-electron chi connectivity index (χ1n) is 6.23. The quantitative estimate of drug-likeness (QED) is 0.413. The van der Waals surface area contributed by atoms with Crippen LogP contribution in [0.4, 0.5) is 5.69 Å². The Kier molecular flexibility index (Phi) is 3.14. The third kappa shape index (κ3) is 2.24. The molecular weight excluding hydrogens is 254 g/mol. The zero-order chi connectivity index (χ0) is 13.9. The normalized spacial score (nSPS) is 14.1. The Balaban J connectivity index is 2.03. The van der Waals surface area contributed by atoms with Crippen LogP contribution in [-0.2, 0) is 0 Å². The molecule has 0 spiro atoms. The predicted molar refractivity (Wildman–Crippen MR) is 78.8 cm³/mol. The van der Waals surface area contributed by atoms with Crippen molar-refractivity contribution >= 4 is 11.5 Å². The molecule has 0 atom stereocenters. The summed E-state index contributed by atoms with van der Waals surface area (Å²) in [5.74, 6) is 0.793. The number of hydrazine groups is 1. The highest BCUT2D eigenvalue weighted by Gasteiger charge is 2.10. The molecule has 1 heterocycles. The van der Waals surface area contributed by atoms with Crippen molar-refractivity contribution in [2.75, 3.05) is 12.4 Å². The summed E-state index contributed by atoms with van der Waals surface area (Å²) in [4.78, 5) is 0. The number of phenols is 1. The van der Waals surface area contributed by atoms with Crippen molar-refractivity contribution in [3.05, 3.63) is 48.0 Å². The third-order valence-corrected chi connectivity index (χ3v) is 3.08. The molecule has 0 aliphatic carbocycles. The van der Waals surface area contributed by atoms with Crippen LogP contribution < -0.4 is 22.0 Å². The lowest BCUT2D eigenvalue weighted by atomic mass is 10.0.